The molecule has 0 aliphatic rings. The molecule has 3 nitrogen and oxygen atoms in total. The predicted octanol–water partition coefficient (Wildman–Crippen LogP) is 3.31. The number of aromatic nitrogens is 2. The summed E-state index contributed by atoms with van der Waals surface area (Å²) < 4.78 is 0.892. The van der Waals surface area contributed by atoms with E-state index in [2.05, 4.69) is 38.1 Å². The van der Waals surface area contributed by atoms with Gasteiger partial charge in [-0.1, -0.05) is 6.92 Å². The molecule has 0 saturated heterocycles. The first-order valence-corrected chi connectivity index (χ1v) is 6.32. The summed E-state index contributed by atoms with van der Waals surface area (Å²) in [5.41, 5.74) is 0. The van der Waals surface area contributed by atoms with Crippen LogP contribution in [0.5, 0.6) is 0 Å². The molecule has 0 aromatic carbocycles. The second kappa shape index (κ2) is 7.01. The van der Waals surface area contributed by atoms with Crippen LogP contribution in [-0.2, 0) is 0 Å². The fourth-order valence-corrected chi connectivity index (χ4v) is 1.49. The Hall–Kier alpha value is -0.350. The van der Waals surface area contributed by atoms with Gasteiger partial charge < -0.3 is 5.32 Å². The van der Waals surface area contributed by atoms with Crippen molar-refractivity contribution in [2.45, 2.75) is 19.8 Å². The van der Waals surface area contributed by atoms with Crippen LogP contribution in [0, 0.1) is 5.92 Å². The molecule has 0 radical (unpaired) electrons. The monoisotopic (exact) mass is 291 g/mol. The van der Waals surface area contributed by atoms with E-state index in [0.717, 1.165) is 29.7 Å². The van der Waals surface area contributed by atoms with Gasteiger partial charge in [0, 0.05) is 24.8 Å². The molecule has 0 fully saturated rings. The van der Waals surface area contributed by atoms with E-state index >= 15 is 0 Å². The molecule has 84 valence electrons. The van der Waals surface area contributed by atoms with E-state index in [1.807, 2.05) is 0 Å². The zero-order chi connectivity index (χ0) is 11.1. The molecule has 5 heteroatoms. The van der Waals surface area contributed by atoms with E-state index in [-0.39, 0.29) is 0 Å². The van der Waals surface area contributed by atoms with Crippen molar-refractivity contribution in [1.82, 2.24) is 9.97 Å². The Balaban J connectivity index is 2.17. The molecule has 1 heterocycles. The highest BCUT2D eigenvalue weighted by Gasteiger charge is 1.99. The van der Waals surface area contributed by atoms with Crippen LogP contribution in [0.25, 0.3) is 0 Å². The molecular formula is C10H15BrClN3. The molecule has 1 unspecified atom stereocenters. The molecule has 1 aromatic heterocycles. The number of alkyl halides is 1. The largest absolute Gasteiger partial charge is 0.354 e. The Kier molecular flexibility index (Phi) is 5.95. The van der Waals surface area contributed by atoms with Crippen molar-refractivity contribution in [2.24, 2.45) is 5.92 Å². The highest BCUT2D eigenvalue weighted by atomic mass is 79.9. The highest BCUT2D eigenvalue weighted by molar-refractivity contribution is 9.10. The minimum atomic E-state index is 0.583. The molecule has 1 N–H and O–H groups in total. The second-order valence-electron chi connectivity index (χ2n) is 3.55. The fraction of sp³-hybridized carbons (Fsp3) is 0.600. The number of hydrogen-bond donors (Lipinski definition) is 1. The van der Waals surface area contributed by atoms with Gasteiger partial charge in [0.1, 0.15) is 0 Å². The maximum Gasteiger partial charge on any atom is 0.222 e. The molecule has 15 heavy (non-hydrogen) atoms. The normalized spacial score (nSPS) is 12.5. The first-order valence-electron chi connectivity index (χ1n) is 4.99. The lowest BCUT2D eigenvalue weighted by Crippen LogP contribution is -2.07. The molecule has 0 saturated carbocycles. The first kappa shape index (κ1) is 12.7. The summed E-state index contributed by atoms with van der Waals surface area (Å²) in [6, 6.07) is 0. The zero-order valence-corrected chi connectivity index (χ0v) is 11.1. The van der Waals surface area contributed by atoms with Crippen LogP contribution in [0.3, 0.4) is 0 Å². The quantitative estimate of drug-likeness (QED) is 0.646. The number of anilines is 1. The molecule has 0 spiro atoms. The maximum atomic E-state index is 5.72. The lowest BCUT2D eigenvalue weighted by molar-refractivity contribution is 0.572. The minimum Gasteiger partial charge on any atom is -0.354 e. The van der Waals surface area contributed by atoms with Crippen molar-refractivity contribution >= 4 is 33.5 Å². The van der Waals surface area contributed by atoms with E-state index in [1.165, 1.54) is 0 Å². The lowest BCUT2D eigenvalue weighted by atomic mass is 10.1. The summed E-state index contributed by atoms with van der Waals surface area (Å²) in [5.74, 6) is 1.99. The summed E-state index contributed by atoms with van der Waals surface area (Å²) in [5, 5.41) is 3.17. The SMILES string of the molecule is CC(CCl)CCCNc1ncc(Br)cn1. The van der Waals surface area contributed by atoms with Crippen molar-refractivity contribution in [3.63, 3.8) is 0 Å². The molecule has 0 aliphatic heterocycles. The van der Waals surface area contributed by atoms with Gasteiger partial charge >= 0.3 is 0 Å². The van der Waals surface area contributed by atoms with Crippen LogP contribution in [0.1, 0.15) is 19.8 Å². The van der Waals surface area contributed by atoms with Crippen LogP contribution in [0.15, 0.2) is 16.9 Å². The van der Waals surface area contributed by atoms with Crippen LogP contribution in [0.4, 0.5) is 5.95 Å². The Morgan fingerprint density at radius 1 is 1.47 bits per heavy atom. The van der Waals surface area contributed by atoms with E-state index in [4.69, 9.17) is 11.6 Å². The Morgan fingerprint density at radius 2 is 2.13 bits per heavy atom. The predicted molar refractivity (Wildman–Crippen MR) is 67.3 cm³/mol. The number of nitrogens with zero attached hydrogens (tertiary/aromatic N) is 2. The van der Waals surface area contributed by atoms with Gasteiger partial charge in [-0.15, -0.1) is 11.6 Å². The van der Waals surface area contributed by atoms with Crippen molar-refractivity contribution < 1.29 is 0 Å². The van der Waals surface area contributed by atoms with Crippen molar-refractivity contribution in [1.29, 1.82) is 0 Å². The highest BCUT2D eigenvalue weighted by Crippen LogP contribution is 2.09. The standard InChI is InChI=1S/C10H15BrClN3/c1-8(5-12)3-2-4-13-10-14-6-9(11)7-15-10/h6-8H,2-5H2,1H3,(H,13,14,15). The molecule has 1 rings (SSSR count). The van der Waals surface area contributed by atoms with Gasteiger partial charge in [0.2, 0.25) is 5.95 Å². The topological polar surface area (TPSA) is 37.8 Å². The molecule has 1 atom stereocenters. The van der Waals surface area contributed by atoms with Gasteiger partial charge in [-0.2, -0.15) is 0 Å². The first-order chi connectivity index (χ1) is 7.22. The average molecular weight is 293 g/mol. The number of rotatable bonds is 6. The smallest absolute Gasteiger partial charge is 0.222 e. The maximum absolute atomic E-state index is 5.72. The van der Waals surface area contributed by atoms with E-state index in [0.29, 0.717) is 11.9 Å². The molecule has 0 amide bonds. The van der Waals surface area contributed by atoms with Crippen molar-refractivity contribution in [3.8, 4) is 0 Å². The number of halogens is 2. The summed E-state index contributed by atoms with van der Waals surface area (Å²) in [6.45, 7) is 3.05. The zero-order valence-electron chi connectivity index (χ0n) is 8.71. The Bertz CT molecular complexity index is 279. The van der Waals surface area contributed by atoms with Gasteiger partial charge in [-0.25, -0.2) is 9.97 Å². The second-order valence-corrected chi connectivity index (χ2v) is 4.78. The lowest BCUT2D eigenvalue weighted by Gasteiger charge is -2.07. The summed E-state index contributed by atoms with van der Waals surface area (Å²) >= 11 is 9.00. The summed E-state index contributed by atoms with van der Waals surface area (Å²) in [4.78, 5) is 8.24. The third-order valence-corrected chi connectivity index (χ3v) is 2.98. The Morgan fingerprint density at radius 3 is 2.73 bits per heavy atom. The number of hydrogen-bond acceptors (Lipinski definition) is 3. The van der Waals surface area contributed by atoms with E-state index in [9.17, 15) is 0 Å². The average Bonchev–Trinajstić information content (AvgIpc) is 2.26. The van der Waals surface area contributed by atoms with Crippen LogP contribution in [-0.4, -0.2) is 22.4 Å². The molecule has 1 aromatic rings. The van der Waals surface area contributed by atoms with Crippen LogP contribution >= 0.6 is 27.5 Å². The van der Waals surface area contributed by atoms with Crippen molar-refractivity contribution in [3.05, 3.63) is 16.9 Å². The third kappa shape index (κ3) is 5.33. The minimum absolute atomic E-state index is 0.583. The molecular weight excluding hydrogens is 277 g/mol. The van der Waals surface area contributed by atoms with Crippen molar-refractivity contribution in [2.75, 3.05) is 17.7 Å². The molecule has 0 aliphatic carbocycles. The van der Waals surface area contributed by atoms with Crippen LogP contribution < -0.4 is 5.32 Å². The number of nitrogens with one attached hydrogen (secondary N) is 1. The van der Waals surface area contributed by atoms with Gasteiger partial charge in [0.15, 0.2) is 0 Å². The third-order valence-electron chi connectivity index (χ3n) is 2.04. The van der Waals surface area contributed by atoms with E-state index in [1.54, 1.807) is 12.4 Å². The Labute approximate surface area is 104 Å². The van der Waals surface area contributed by atoms with Gasteiger partial charge in [0.05, 0.1) is 4.47 Å². The molecule has 0 bridgehead atoms. The fourth-order valence-electron chi connectivity index (χ4n) is 1.13. The van der Waals surface area contributed by atoms with Gasteiger partial charge in [-0.05, 0) is 34.7 Å². The summed E-state index contributed by atoms with van der Waals surface area (Å²) in [6.07, 6.45) is 5.69. The van der Waals surface area contributed by atoms with E-state index < -0.39 is 0 Å². The summed E-state index contributed by atoms with van der Waals surface area (Å²) in [7, 11) is 0. The van der Waals surface area contributed by atoms with Gasteiger partial charge in [-0.3, -0.25) is 0 Å². The van der Waals surface area contributed by atoms with Crippen LogP contribution in [0.2, 0.25) is 0 Å². The van der Waals surface area contributed by atoms with Gasteiger partial charge in [0.25, 0.3) is 0 Å².